The van der Waals surface area contributed by atoms with Crippen LogP contribution >= 0.6 is 0 Å². The number of rotatable bonds is 4. The monoisotopic (exact) mass is 279 g/mol. The molecule has 4 heteroatoms. The van der Waals surface area contributed by atoms with Crippen LogP contribution < -0.4 is 11.1 Å². The Morgan fingerprint density at radius 2 is 1.90 bits per heavy atom. The molecule has 2 aromatic rings. The second-order valence-corrected chi connectivity index (χ2v) is 4.99. The van der Waals surface area contributed by atoms with Gasteiger partial charge in [-0.1, -0.05) is 18.2 Å². The highest BCUT2D eigenvalue weighted by Gasteiger charge is 2.09. The van der Waals surface area contributed by atoms with Gasteiger partial charge in [-0.2, -0.15) is 5.26 Å². The van der Waals surface area contributed by atoms with Crippen LogP contribution in [-0.4, -0.2) is 5.91 Å². The molecule has 0 aliphatic carbocycles. The molecule has 0 saturated heterocycles. The van der Waals surface area contributed by atoms with Crippen molar-refractivity contribution in [3.63, 3.8) is 0 Å². The number of anilines is 1. The van der Waals surface area contributed by atoms with E-state index in [1.54, 1.807) is 18.2 Å². The van der Waals surface area contributed by atoms with Gasteiger partial charge in [0.1, 0.15) is 0 Å². The lowest BCUT2D eigenvalue weighted by atomic mass is 10.0. The first-order valence-electron chi connectivity index (χ1n) is 6.68. The highest BCUT2D eigenvalue weighted by atomic mass is 16.1. The predicted octanol–water partition coefficient (Wildman–Crippen LogP) is 3.14. The molecule has 0 heterocycles. The minimum atomic E-state index is -0.429. The summed E-state index contributed by atoms with van der Waals surface area (Å²) in [5.41, 5.74) is 9.28. The summed E-state index contributed by atoms with van der Waals surface area (Å²) in [6.45, 7) is 3.87. The normalized spacial score (nSPS) is 11.5. The van der Waals surface area contributed by atoms with E-state index in [1.165, 1.54) is 0 Å². The fraction of sp³-hybridized carbons (Fsp3) is 0.176. The van der Waals surface area contributed by atoms with Crippen molar-refractivity contribution in [2.45, 2.75) is 19.9 Å². The quantitative estimate of drug-likeness (QED) is 0.902. The maximum absolute atomic E-state index is 11.4. The van der Waals surface area contributed by atoms with Gasteiger partial charge in [-0.05, 0) is 49.2 Å². The molecule has 0 aromatic heterocycles. The van der Waals surface area contributed by atoms with Gasteiger partial charge in [0, 0.05) is 17.3 Å². The third-order valence-corrected chi connectivity index (χ3v) is 3.43. The van der Waals surface area contributed by atoms with E-state index in [-0.39, 0.29) is 6.04 Å². The second kappa shape index (κ2) is 6.10. The summed E-state index contributed by atoms with van der Waals surface area (Å²) in [6.07, 6.45) is 0. The van der Waals surface area contributed by atoms with Gasteiger partial charge in [0.15, 0.2) is 0 Å². The molecule has 0 fully saturated rings. The number of primary amides is 1. The van der Waals surface area contributed by atoms with Crippen LogP contribution in [0.15, 0.2) is 42.5 Å². The molecule has 1 atom stereocenters. The fourth-order valence-electron chi connectivity index (χ4n) is 2.16. The van der Waals surface area contributed by atoms with E-state index in [2.05, 4.69) is 11.4 Å². The van der Waals surface area contributed by atoms with Crippen LogP contribution in [-0.2, 0) is 0 Å². The number of hydrogen-bond donors (Lipinski definition) is 2. The number of nitrogens with one attached hydrogen (secondary N) is 1. The number of benzene rings is 2. The molecule has 0 aliphatic rings. The Hall–Kier alpha value is -2.80. The van der Waals surface area contributed by atoms with Crippen molar-refractivity contribution in [3.05, 3.63) is 64.7 Å². The Bertz CT molecular complexity index is 699. The van der Waals surface area contributed by atoms with E-state index in [4.69, 9.17) is 11.0 Å². The first kappa shape index (κ1) is 14.6. The van der Waals surface area contributed by atoms with Gasteiger partial charge in [0.25, 0.3) is 0 Å². The summed E-state index contributed by atoms with van der Waals surface area (Å²) in [6, 6.07) is 15.1. The van der Waals surface area contributed by atoms with E-state index in [9.17, 15) is 4.79 Å². The summed E-state index contributed by atoms with van der Waals surface area (Å²) in [5.74, 6) is -0.429. The number of aryl methyl sites for hydroxylation is 1. The van der Waals surface area contributed by atoms with Gasteiger partial charge >= 0.3 is 0 Å². The molecular weight excluding hydrogens is 262 g/mol. The molecule has 106 valence electrons. The van der Waals surface area contributed by atoms with E-state index in [0.29, 0.717) is 11.1 Å². The maximum atomic E-state index is 11.4. The Kier molecular flexibility index (Phi) is 4.24. The van der Waals surface area contributed by atoms with Crippen LogP contribution in [0.25, 0.3) is 0 Å². The van der Waals surface area contributed by atoms with Crippen LogP contribution in [0.1, 0.15) is 40.0 Å². The van der Waals surface area contributed by atoms with E-state index in [0.717, 1.165) is 16.8 Å². The Morgan fingerprint density at radius 3 is 2.48 bits per heavy atom. The highest BCUT2D eigenvalue weighted by Crippen LogP contribution is 2.21. The van der Waals surface area contributed by atoms with E-state index >= 15 is 0 Å². The Balaban J connectivity index is 2.19. The minimum absolute atomic E-state index is 0.0566. The fourth-order valence-corrected chi connectivity index (χ4v) is 2.16. The molecule has 0 bridgehead atoms. The third kappa shape index (κ3) is 3.40. The molecule has 0 unspecified atom stereocenters. The highest BCUT2D eigenvalue weighted by molar-refractivity contribution is 5.95. The third-order valence-electron chi connectivity index (χ3n) is 3.43. The Labute approximate surface area is 124 Å². The van der Waals surface area contributed by atoms with Crippen LogP contribution in [0.3, 0.4) is 0 Å². The van der Waals surface area contributed by atoms with Crippen LogP contribution in [0.5, 0.6) is 0 Å². The average molecular weight is 279 g/mol. The average Bonchev–Trinajstić information content (AvgIpc) is 2.49. The smallest absolute Gasteiger partial charge is 0.249 e. The van der Waals surface area contributed by atoms with Crippen molar-refractivity contribution in [2.75, 3.05) is 5.32 Å². The molecule has 0 aliphatic heterocycles. The molecule has 1 amide bonds. The topological polar surface area (TPSA) is 78.9 Å². The molecule has 3 N–H and O–H groups in total. The molecule has 2 rings (SSSR count). The molecular formula is C17H17N3O. The summed E-state index contributed by atoms with van der Waals surface area (Å²) in [5, 5.41) is 12.1. The summed E-state index contributed by atoms with van der Waals surface area (Å²) in [4.78, 5) is 11.4. The number of nitrogens with two attached hydrogens (primary N) is 1. The number of nitriles is 1. The van der Waals surface area contributed by atoms with Crippen LogP contribution in [0.2, 0.25) is 0 Å². The van der Waals surface area contributed by atoms with Crippen LogP contribution in [0, 0.1) is 18.3 Å². The van der Waals surface area contributed by atoms with Crippen molar-refractivity contribution >= 4 is 11.6 Å². The molecule has 0 saturated carbocycles. The van der Waals surface area contributed by atoms with Gasteiger partial charge in [0.05, 0.1) is 11.6 Å². The van der Waals surface area contributed by atoms with Crippen molar-refractivity contribution < 1.29 is 4.79 Å². The standard InChI is InChI=1S/C17H17N3O/c1-11-3-8-15(9-16(11)17(19)21)20-12(2)14-6-4-13(10-18)5-7-14/h3-9,12,20H,1-2H3,(H2,19,21)/t12-/m1/s1. The lowest BCUT2D eigenvalue weighted by molar-refractivity contribution is 0.1000. The maximum Gasteiger partial charge on any atom is 0.249 e. The van der Waals surface area contributed by atoms with Gasteiger partial charge in [0.2, 0.25) is 5.91 Å². The van der Waals surface area contributed by atoms with Crippen molar-refractivity contribution in [3.8, 4) is 6.07 Å². The predicted molar refractivity (Wildman–Crippen MR) is 82.9 cm³/mol. The zero-order valence-electron chi connectivity index (χ0n) is 12.1. The molecule has 4 nitrogen and oxygen atoms in total. The first-order valence-corrected chi connectivity index (χ1v) is 6.68. The lowest BCUT2D eigenvalue weighted by Crippen LogP contribution is -2.14. The van der Waals surface area contributed by atoms with Gasteiger partial charge < -0.3 is 11.1 Å². The van der Waals surface area contributed by atoms with Crippen LogP contribution in [0.4, 0.5) is 5.69 Å². The minimum Gasteiger partial charge on any atom is -0.379 e. The van der Waals surface area contributed by atoms with Gasteiger partial charge in [-0.15, -0.1) is 0 Å². The van der Waals surface area contributed by atoms with Crippen molar-refractivity contribution in [1.82, 2.24) is 0 Å². The summed E-state index contributed by atoms with van der Waals surface area (Å²) in [7, 11) is 0. The van der Waals surface area contributed by atoms with Gasteiger partial charge in [-0.25, -0.2) is 0 Å². The summed E-state index contributed by atoms with van der Waals surface area (Å²) >= 11 is 0. The van der Waals surface area contributed by atoms with E-state index in [1.807, 2.05) is 38.1 Å². The lowest BCUT2D eigenvalue weighted by Gasteiger charge is -2.17. The summed E-state index contributed by atoms with van der Waals surface area (Å²) < 4.78 is 0. The zero-order chi connectivity index (χ0) is 15.4. The molecule has 21 heavy (non-hydrogen) atoms. The van der Waals surface area contributed by atoms with Gasteiger partial charge in [-0.3, -0.25) is 4.79 Å². The second-order valence-electron chi connectivity index (χ2n) is 4.99. The number of nitrogens with zero attached hydrogens (tertiary/aromatic N) is 1. The van der Waals surface area contributed by atoms with Crippen molar-refractivity contribution in [2.24, 2.45) is 5.73 Å². The SMILES string of the molecule is Cc1ccc(N[C@H](C)c2ccc(C#N)cc2)cc1C(N)=O. The van der Waals surface area contributed by atoms with Crippen molar-refractivity contribution in [1.29, 1.82) is 5.26 Å². The first-order chi connectivity index (χ1) is 10.0. The number of amides is 1. The zero-order valence-corrected chi connectivity index (χ0v) is 12.1. The molecule has 0 spiro atoms. The molecule has 2 aromatic carbocycles. The van der Waals surface area contributed by atoms with E-state index < -0.39 is 5.91 Å². The number of carbonyl (C=O) groups excluding carboxylic acids is 1. The molecule has 0 radical (unpaired) electrons. The largest absolute Gasteiger partial charge is 0.379 e. The Morgan fingerprint density at radius 1 is 1.24 bits per heavy atom. The number of carbonyl (C=O) groups is 1. The number of hydrogen-bond acceptors (Lipinski definition) is 3.